The van der Waals surface area contributed by atoms with E-state index in [1.807, 2.05) is 0 Å². The molecule has 0 unspecified atom stereocenters. The summed E-state index contributed by atoms with van der Waals surface area (Å²) in [5.74, 6) is -0.0678. The van der Waals surface area contributed by atoms with Gasteiger partial charge in [0.05, 0.1) is 23.3 Å². The number of benzene rings is 1. The smallest absolute Gasteiger partial charge is 0.257 e. The minimum atomic E-state index is -3.83. The van der Waals surface area contributed by atoms with Gasteiger partial charge in [0.2, 0.25) is 10.0 Å². The molecule has 0 saturated heterocycles. The molecule has 2 aromatic heterocycles. The maximum Gasteiger partial charge on any atom is 0.257 e. The van der Waals surface area contributed by atoms with E-state index in [2.05, 4.69) is 14.9 Å². The van der Waals surface area contributed by atoms with Crippen molar-refractivity contribution in [3.63, 3.8) is 0 Å². The van der Waals surface area contributed by atoms with Gasteiger partial charge < -0.3 is 4.52 Å². The molecule has 1 aromatic carbocycles. The number of sulfonamides is 1. The molecular weight excluding hydrogens is 330 g/mol. The Morgan fingerprint density at radius 1 is 1.29 bits per heavy atom. The van der Waals surface area contributed by atoms with E-state index in [4.69, 9.17) is 4.52 Å². The van der Waals surface area contributed by atoms with Crippen LogP contribution >= 0.6 is 0 Å². The van der Waals surface area contributed by atoms with Gasteiger partial charge >= 0.3 is 0 Å². The second-order valence-electron chi connectivity index (χ2n) is 5.68. The molecule has 1 N–H and O–H groups in total. The molecule has 1 atom stereocenters. The summed E-state index contributed by atoms with van der Waals surface area (Å²) >= 11 is 0. The Balaban J connectivity index is 1.70. The number of hydrogen-bond acceptors (Lipinski definition) is 6. The van der Waals surface area contributed by atoms with E-state index < -0.39 is 16.1 Å². The van der Waals surface area contributed by atoms with Crippen LogP contribution in [0.25, 0.3) is 11.1 Å². The van der Waals surface area contributed by atoms with Crippen LogP contribution in [-0.2, 0) is 10.0 Å². The van der Waals surface area contributed by atoms with Crippen molar-refractivity contribution < 1.29 is 17.7 Å². The Hall–Kier alpha value is -2.58. The number of nitrogens with one attached hydrogen (secondary N) is 1. The zero-order chi connectivity index (χ0) is 16.9. The lowest BCUT2D eigenvalue weighted by Gasteiger charge is -2.13. The molecule has 0 saturated carbocycles. The average Bonchev–Trinajstić information content (AvgIpc) is 3.09. The second-order valence-corrected chi connectivity index (χ2v) is 7.39. The van der Waals surface area contributed by atoms with Crippen LogP contribution in [-0.4, -0.2) is 24.3 Å². The summed E-state index contributed by atoms with van der Waals surface area (Å²) in [5, 5.41) is 4.31. The number of Topliss-reactive ketones (excluding diaryl/α,β-unsaturated/α-hetero) is 1. The summed E-state index contributed by atoms with van der Waals surface area (Å²) in [6.07, 6.45) is 1.33. The number of ketones is 1. The molecule has 24 heavy (non-hydrogen) atoms. The number of fused-ring (bicyclic) bond motifs is 2. The number of rotatable bonds is 3. The van der Waals surface area contributed by atoms with Crippen molar-refractivity contribution in [2.45, 2.75) is 24.3 Å². The molecule has 0 radical (unpaired) electrons. The van der Waals surface area contributed by atoms with Crippen LogP contribution in [0.2, 0.25) is 0 Å². The van der Waals surface area contributed by atoms with E-state index in [-0.39, 0.29) is 22.8 Å². The molecule has 122 valence electrons. The molecule has 0 fully saturated rings. The van der Waals surface area contributed by atoms with Crippen molar-refractivity contribution in [2.75, 3.05) is 0 Å². The number of aryl methyl sites for hydroxylation is 1. The van der Waals surface area contributed by atoms with Gasteiger partial charge in [0.15, 0.2) is 5.78 Å². The highest BCUT2D eigenvalue weighted by Crippen LogP contribution is 2.32. The summed E-state index contributed by atoms with van der Waals surface area (Å²) < 4.78 is 32.9. The molecule has 0 spiro atoms. The number of carbonyl (C=O) groups is 1. The Morgan fingerprint density at radius 3 is 2.92 bits per heavy atom. The van der Waals surface area contributed by atoms with Crippen LogP contribution in [0.1, 0.15) is 34.1 Å². The number of nitrogens with zero attached hydrogens (tertiary/aromatic N) is 2. The molecule has 3 aromatic rings. The van der Waals surface area contributed by atoms with Crippen LogP contribution in [0, 0.1) is 6.92 Å². The molecule has 1 aliphatic carbocycles. The summed E-state index contributed by atoms with van der Waals surface area (Å²) in [6.45, 7) is 1.71. The molecule has 8 heteroatoms. The lowest BCUT2D eigenvalue weighted by atomic mass is 10.1. The monoisotopic (exact) mass is 343 g/mol. The van der Waals surface area contributed by atoms with Gasteiger partial charge in [-0.15, -0.1) is 0 Å². The highest BCUT2D eigenvalue weighted by molar-refractivity contribution is 7.89. The molecule has 1 aliphatic rings. The van der Waals surface area contributed by atoms with Crippen molar-refractivity contribution >= 4 is 26.9 Å². The van der Waals surface area contributed by atoms with Crippen molar-refractivity contribution in [3.05, 3.63) is 53.3 Å². The second kappa shape index (κ2) is 5.22. The van der Waals surface area contributed by atoms with Gasteiger partial charge in [-0.25, -0.2) is 18.1 Å². The minimum absolute atomic E-state index is 0.0122. The van der Waals surface area contributed by atoms with Crippen molar-refractivity contribution in [1.82, 2.24) is 14.9 Å². The average molecular weight is 343 g/mol. The van der Waals surface area contributed by atoms with Crippen LogP contribution in [0.5, 0.6) is 0 Å². The van der Waals surface area contributed by atoms with Crippen LogP contribution < -0.4 is 4.72 Å². The predicted molar refractivity (Wildman–Crippen MR) is 85.0 cm³/mol. The fraction of sp³-hybridized carbons (Fsp3) is 0.188. The normalized spacial score (nSPS) is 17.4. The van der Waals surface area contributed by atoms with Crippen LogP contribution in [0.4, 0.5) is 0 Å². The minimum Gasteiger partial charge on any atom is -0.336 e. The first-order valence-electron chi connectivity index (χ1n) is 7.32. The molecule has 0 amide bonds. The Labute approximate surface area is 137 Å². The van der Waals surface area contributed by atoms with Crippen molar-refractivity contribution in [3.8, 4) is 0 Å². The lowest BCUT2D eigenvalue weighted by Crippen LogP contribution is -2.27. The number of pyridine rings is 1. The third-order valence-electron chi connectivity index (χ3n) is 4.12. The van der Waals surface area contributed by atoms with E-state index in [1.165, 1.54) is 12.3 Å². The Kier molecular flexibility index (Phi) is 3.26. The SMILES string of the molecule is Cc1noc2ncc(S(=O)(=O)N[C@@H]3CC(=O)c4ccccc43)cc12. The topological polar surface area (TPSA) is 102 Å². The highest BCUT2D eigenvalue weighted by atomic mass is 32.2. The largest absolute Gasteiger partial charge is 0.336 e. The molecular formula is C16H13N3O4S. The first-order chi connectivity index (χ1) is 11.5. The maximum atomic E-state index is 12.7. The zero-order valence-corrected chi connectivity index (χ0v) is 13.5. The van der Waals surface area contributed by atoms with E-state index >= 15 is 0 Å². The van der Waals surface area contributed by atoms with Crippen LogP contribution in [0.15, 0.2) is 45.9 Å². The molecule has 4 rings (SSSR count). The Morgan fingerprint density at radius 2 is 2.08 bits per heavy atom. The van der Waals surface area contributed by atoms with Gasteiger partial charge in [-0.05, 0) is 18.6 Å². The first-order valence-corrected chi connectivity index (χ1v) is 8.80. The number of carbonyl (C=O) groups excluding carboxylic acids is 1. The summed E-state index contributed by atoms with van der Waals surface area (Å²) in [5.41, 5.74) is 2.11. The molecule has 0 bridgehead atoms. The third-order valence-corrected chi connectivity index (χ3v) is 5.56. The first kappa shape index (κ1) is 15.0. The van der Waals surface area contributed by atoms with Gasteiger partial charge in [0, 0.05) is 12.0 Å². The Bertz CT molecular complexity index is 1070. The van der Waals surface area contributed by atoms with Gasteiger partial charge in [0.25, 0.3) is 5.71 Å². The predicted octanol–water partition coefficient (Wildman–Crippen LogP) is 2.14. The van der Waals surface area contributed by atoms with Gasteiger partial charge in [-0.3, -0.25) is 4.79 Å². The quantitative estimate of drug-likeness (QED) is 0.781. The van der Waals surface area contributed by atoms with Crippen molar-refractivity contribution in [1.29, 1.82) is 0 Å². The number of hydrogen-bond donors (Lipinski definition) is 1. The standard InChI is InChI=1S/C16H13N3O4S/c1-9-13-6-10(8-17-16(13)23-18-9)24(21,22)19-14-7-15(20)12-5-3-2-4-11(12)14/h2-6,8,14,19H,7H2,1H3/t14-/m1/s1. The summed E-state index contributed by atoms with van der Waals surface area (Å²) in [7, 11) is -3.83. The van der Waals surface area contributed by atoms with E-state index in [0.29, 0.717) is 22.2 Å². The third kappa shape index (κ3) is 2.31. The maximum absolute atomic E-state index is 12.7. The summed E-state index contributed by atoms with van der Waals surface area (Å²) in [4.78, 5) is 16.0. The summed E-state index contributed by atoms with van der Waals surface area (Å²) in [6, 6.07) is 7.92. The van der Waals surface area contributed by atoms with Crippen LogP contribution in [0.3, 0.4) is 0 Å². The lowest BCUT2D eigenvalue weighted by molar-refractivity contribution is 0.0988. The molecule has 0 aliphatic heterocycles. The highest BCUT2D eigenvalue weighted by Gasteiger charge is 2.32. The fourth-order valence-electron chi connectivity index (χ4n) is 2.89. The van der Waals surface area contributed by atoms with E-state index in [9.17, 15) is 13.2 Å². The van der Waals surface area contributed by atoms with Gasteiger partial charge in [-0.1, -0.05) is 29.4 Å². The number of aromatic nitrogens is 2. The molecule has 7 nitrogen and oxygen atoms in total. The van der Waals surface area contributed by atoms with E-state index in [1.54, 1.807) is 31.2 Å². The zero-order valence-electron chi connectivity index (χ0n) is 12.7. The van der Waals surface area contributed by atoms with Gasteiger partial charge in [-0.2, -0.15) is 0 Å². The molecule has 2 heterocycles. The van der Waals surface area contributed by atoms with E-state index in [0.717, 1.165) is 0 Å². The fourth-order valence-corrected chi connectivity index (χ4v) is 4.08. The van der Waals surface area contributed by atoms with Crippen molar-refractivity contribution in [2.24, 2.45) is 0 Å². The van der Waals surface area contributed by atoms with Gasteiger partial charge in [0.1, 0.15) is 4.90 Å².